The lowest BCUT2D eigenvalue weighted by atomic mass is 9.94. The number of aryl methyl sites for hydroxylation is 1. The van der Waals surface area contributed by atoms with Gasteiger partial charge in [-0.05, 0) is 12.5 Å². The maximum absolute atomic E-state index is 13.9. The van der Waals surface area contributed by atoms with Gasteiger partial charge >= 0.3 is 0 Å². The molecule has 0 spiro atoms. The molecule has 1 unspecified atom stereocenters. The molecule has 8 nitrogen and oxygen atoms in total. The van der Waals surface area contributed by atoms with Gasteiger partial charge in [0, 0.05) is 44.2 Å². The van der Waals surface area contributed by atoms with Crippen molar-refractivity contribution in [3.8, 4) is 11.4 Å². The molecule has 2 aromatic carbocycles. The van der Waals surface area contributed by atoms with Crippen LogP contribution in [0.2, 0.25) is 0 Å². The van der Waals surface area contributed by atoms with Crippen LogP contribution in [0.4, 0.5) is 0 Å². The van der Waals surface area contributed by atoms with Gasteiger partial charge in [0.1, 0.15) is 5.69 Å². The molecule has 0 saturated carbocycles. The van der Waals surface area contributed by atoms with E-state index in [2.05, 4.69) is 41.0 Å². The van der Waals surface area contributed by atoms with Crippen molar-refractivity contribution in [2.24, 2.45) is 0 Å². The maximum atomic E-state index is 13.9. The Hall–Kier alpha value is -2.91. The molecule has 0 bridgehead atoms. The first-order valence-corrected chi connectivity index (χ1v) is 12.4. The number of nitrogens with zero attached hydrogens (tertiary/aromatic N) is 5. The summed E-state index contributed by atoms with van der Waals surface area (Å²) in [6, 6.07) is 18.4. The third-order valence-electron chi connectivity index (χ3n) is 6.72. The summed E-state index contributed by atoms with van der Waals surface area (Å²) in [5, 5.41) is 4.71. The minimum Gasteiger partial charge on any atom is -0.379 e. The Labute approximate surface area is 206 Å². The van der Waals surface area contributed by atoms with Crippen molar-refractivity contribution in [2.75, 3.05) is 59.2 Å². The third-order valence-corrected chi connectivity index (χ3v) is 6.72. The smallest absolute Gasteiger partial charge is 0.290 e. The van der Waals surface area contributed by atoms with Crippen molar-refractivity contribution in [1.82, 2.24) is 24.6 Å². The molecule has 5 rings (SSSR count). The van der Waals surface area contributed by atoms with E-state index in [-0.39, 0.29) is 11.5 Å². The van der Waals surface area contributed by atoms with Crippen molar-refractivity contribution in [3.63, 3.8) is 0 Å². The van der Waals surface area contributed by atoms with E-state index in [1.165, 1.54) is 5.56 Å². The molecule has 1 atom stereocenters. The standard InChI is InChI=1S/C27H33N5O3/c1-21-7-9-22(10-8-21)24(19-30-11-15-34-16-12-30)25-27(33)32(20-31-13-17-35-18-14-31)29-26(28-25)23-5-3-2-4-6-23/h2-10,24H,11-20H2,1H3. The van der Waals surface area contributed by atoms with Gasteiger partial charge in [-0.3, -0.25) is 14.6 Å². The lowest BCUT2D eigenvalue weighted by Gasteiger charge is -2.31. The van der Waals surface area contributed by atoms with E-state index < -0.39 is 0 Å². The molecule has 1 aromatic heterocycles. The lowest BCUT2D eigenvalue weighted by Crippen LogP contribution is -2.43. The number of morpholine rings is 2. The molecule has 0 radical (unpaired) electrons. The SMILES string of the molecule is Cc1ccc(C(CN2CCOCC2)c2nc(-c3ccccc3)nn(CN3CCOCC3)c2=O)cc1. The fourth-order valence-corrected chi connectivity index (χ4v) is 4.63. The van der Waals surface area contributed by atoms with Crippen LogP contribution in [-0.2, 0) is 16.1 Å². The highest BCUT2D eigenvalue weighted by molar-refractivity contribution is 5.54. The average Bonchev–Trinajstić information content (AvgIpc) is 2.91. The van der Waals surface area contributed by atoms with Gasteiger partial charge in [-0.15, -0.1) is 5.10 Å². The zero-order chi connectivity index (χ0) is 24.0. The third kappa shape index (κ3) is 5.85. The summed E-state index contributed by atoms with van der Waals surface area (Å²) in [5.41, 5.74) is 3.60. The predicted octanol–water partition coefficient (Wildman–Crippen LogP) is 2.37. The van der Waals surface area contributed by atoms with E-state index in [9.17, 15) is 4.79 Å². The molecule has 2 fully saturated rings. The molecule has 2 aliphatic heterocycles. The van der Waals surface area contributed by atoms with Crippen LogP contribution in [0.1, 0.15) is 22.7 Å². The first-order valence-electron chi connectivity index (χ1n) is 12.4. The van der Waals surface area contributed by atoms with E-state index in [0.717, 1.165) is 37.3 Å². The quantitative estimate of drug-likeness (QED) is 0.520. The average molecular weight is 476 g/mol. The van der Waals surface area contributed by atoms with E-state index in [1.807, 2.05) is 30.3 Å². The monoisotopic (exact) mass is 475 g/mol. The van der Waals surface area contributed by atoms with Crippen LogP contribution >= 0.6 is 0 Å². The summed E-state index contributed by atoms with van der Waals surface area (Å²) in [4.78, 5) is 23.4. The van der Waals surface area contributed by atoms with Crippen LogP contribution in [0.25, 0.3) is 11.4 Å². The molecule has 184 valence electrons. The molecule has 35 heavy (non-hydrogen) atoms. The molecule has 0 aliphatic carbocycles. The normalized spacial score (nSPS) is 18.4. The summed E-state index contributed by atoms with van der Waals surface area (Å²) in [6.07, 6.45) is 0. The Kier molecular flexibility index (Phi) is 7.63. The predicted molar refractivity (Wildman–Crippen MR) is 134 cm³/mol. The number of ether oxygens (including phenoxy) is 2. The summed E-state index contributed by atoms with van der Waals surface area (Å²) >= 11 is 0. The number of benzene rings is 2. The van der Waals surface area contributed by atoms with Crippen LogP contribution in [0.15, 0.2) is 59.4 Å². The minimum atomic E-state index is -0.164. The van der Waals surface area contributed by atoms with E-state index in [1.54, 1.807) is 4.68 Å². The van der Waals surface area contributed by atoms with Gasteiger partial charge in [0.2, 0.25) is 0 Å². The van der Waals surface area contributed by atoms with Crippen molar-refractivity contribution < 1.29 is 9.47 Å². The molecule has 8 heteroatoms. The van der Waals surface area contributed by atoms with E-state index in [0.29, 0.717) is 51.2 Å². The Morgan fingerprint density at radius 3 is 2.14 bits per heavy atom. The highest BCUT2D eigenvalue weighted by atomic mass is 16.5. The molecule has 3 heterocycles. The Bertz CT molecular complexity index is 1150. The number of hydrogen-bond donors (Lipinski definition) is 0. The summed E-state index contributed by atoms with van der Waals surface area (Å²) in [6.45, 7) is 9.23. The Morgan fingerprint density at radius 1 is 0.857 bits per heavy atom. The number of rotatable bonds is 7. The van der Waals surface area contributed by atoms with Gasteiger partial charge in [-0.1, -0.05) is 60.2 Å². The van der Waals surface area contributed by atoms with Crippen LogP contribution < -0.4 is 5.56 Å². The zero-order valence-electron chi connectivity index (χ0n) is 20.3. The van der Waals surface area contributed by atoms with E-state index >= 15 is 0 Å². The van der Waals surface area contributed by atoms with Crippen molar-refractivity contribution in [2.45, 2.75) is 19.5 Å². The van der Waals surface area contributed by atoms with Gasteiger partial charge in [-0.2, -0.15) is 0 Å². The Morgan fingerprint density at radius 2 is 1.49 bits per heavy atom. The molecule has 0 amide bonds. The van der Waals surface area contributed by atoms with Crippen LogP contribution in [0.3, 0.4) is 0 Å². The molecular formula is C27H33N5O3. The summed E-state index contributed by atoms with van der Waals surface area (Å²) in [7, 11) is 0. The van der Waals surface area contributed by atoms with Gasteiger partial charge in [0.15, 0.2) is 5.82 Å². The molecular weight excluding hydrogens is 442 g/mol. The largest absolute Gasteiger partial charge is 0.379 e. The fourth-order valence-electron chi connectivity index (χ4n) is 4.63. The van der Waals surface area contributed by atoms with Crippen molar-refractivity contribution >= 4 is 0 Å². The molecule has 2 saturated heterocycles. The van der Waals surface area contributed by atoms with Gasteiger partial charge < -0.3 is 9.47 Å². The maximum Gasteiger partial charge on any atom is 0.290 e. The van der Waals surface area contributed by atoms with Gasteiger partial charge in [-0.25, -0.2) is 9.67 Å². The second kappa shape index (κ2) is 11.2. The second-order valence-electron chi connectivity index (χ2n) is 9.24. The Balaban J connectivity index is 1.59. The minimum absolute atomic E-state index is 0.130. The van der Waals surface area contributed by atoms with Crippen LogP contribution in [0, 0.1) is 6.92 Å². The van der Waals surface area contributed by atoms with E-state index in [4.69, 9.17) is 19.6 Å². The fraction of sp³-hybridized carbons (Fsp3) is 0.444. The highest BCUT2D eigenvalue weighted by Crippen LogP contribution is 2.25. The van der Waals surface area contributed by atoms with Crippen LogP contribution in [-0.4, -0.2) is 83.7 Å². The first-order chi connectivity index (χ1) is 17.2. The first kappa shape index (κ1) is 23.8. The molecule has 0 N–H and O–H groups in total. The second-order valence-corrected chi connectivity index (χ2v) is 9.24. The number of aromatic nitrogens is 3. The summed E-state index contributed by atoms with van der Waals surface area (Å²) in [5.74, 6) is 0.412. The lowest BCUT2D eigenvalue weighted by molar-refractivity contribution is 0.0202. The van der Waals surface area contributed by atoms with Crippen molar-refractivity contribution in [1.29, 1.82) is 0 Å². The highest BCUT2D eigenvalue weighted by Gasteiger charge is 2.26. The van der Waals surface area contributed by atoms with Crippen molar-refractivity contribution in [3.05, 3.63) is 81.8 Å². The summed E-state index contributed by atoms with van der Waals surface area (Å²) < 4.78 is 12.7. The van der Waals surface area contributed by atoms with Crippen LogP contribution in [0.5, 0.6) is 0 Å². The van der Waals surface area contributed by atoms with Gasteiger partial charge in [0.05, 0.1) is 33.1 Å². The molecule has 3 aromatic rings. The zero-order valence-corrected chi connectivity index (χ0v) is 20.3. The topological polar surface area (TPSA) is 72.7 Å². The number of hydrogen-bond acceptors (Lipinski definition) is 7. The molecule has 2 aliphatic rings. The van der Waals surface area contributed by atoms with Gasteiger partial charge in [0.25, 0.3) is 5.56 Å².